The second-order valence-electron chi connectivity index (χ2n) is 5.93. The summed E-state index contributed by atoms with van der Waals surface area (Å²) in [6, 6.07) is 14.4. The third kappa shape index (κ3) is 5.40. The lowest BCUT2D eigenvalue weighted by molar-refractivity contribution is -0.144. The molecule has 3 rings (SSSR count). The minimum atomic E-state index is -0.717. The van der Waals surface area contributed by atoms with Crippen molar-refractivity contribution in [2.45, 2.75) is 17.4 Å². The van der Waals surface area contributed by atoms with E-state index in [9.17, 15) is 9.59 Å². The Morgan fingerprint density at radius 3 is 2.59 bits per heavy atom. The van der Waals surface area contributed by atoms with Crippen LogP contribution in [0.1, 0.15) is 5.56 Å². The van der Waals surface area contributed by atoms with Gasteiger partial charge < -0.3 is 19.5 Å². The molecule has 1 aliphatic rings. The molecule has 0 spiro atoms. The smallest absolute Gasteiger partial charge is 0.328 e. The Morgan fingerprint density at radius 1 is 1.11 bits per heavy atom. The number of carbonyl (C=O) groups is 2. The van der Waals surface area contributed by atoms with E-state index in [2.05, 4.69) is 5.32 Å². The van der Waals surface area contributed by atoms with Gasteiger partial charge >= 0.3 is 5.97 Å². The quantitative estimate of drug-likeness (QED) is 0.581. The van der Waals surface area contributed by atoms with Crippen LogP contribution in [0.2, 0.25) is 0 Å². The van der Waals surface area contributed by atoms with Gasteiger partial charge in [0.2, 0.25) is 5.91 Å². The van der Waals surface area contributed by atoms with Crippen molar-refractivity contribution in [2.75, 3.05) is 26.1 Å². The molecule has 0 radical (unpaired) electrons. The molecule has 0 aromatic heterocycles. The molecule has 1 heterocycles. The highest BCUT2D eigenvalue weighted by molar-refractivity contribution is 8.00. The summed E-state index contributed by atoms with van der Waals surface area (Å²) >= 11 is 1.37. The first-order valence-electron chi connectivity index (χ1n) is 8.59. The molecule has 0 bridgehead atoms. The average Bonchev–Trinajstić information content (AvgIpc) is 2.71. The summed E-state index contributed by atoms with van der Waals surface area (Å²) < 4.78 is 15.9. The first kappa shape index (κ1) is 19.1. The topological polar surface area (TPSA) is 73.9 Å². The van der Waals surface area contributed by atoms with Crippen LogP contribution in [-0.4, -0.2) is 44.0 Å². The maximum Gasteiger partial charge on any atom is 0.328 e. The molecule has 2 aromatic carbocycles. The SMILES string of the molecule is COC(=O)C(Cc1ccccc1)NC(=O)CSc1ccc2c(c1)OCCO2. The Bertz CT molecular complexity index is 796. The molecule has 7 heteroatoms. The molecule has 0 saturated heterocycles. The lowest BCUT2D eigenvalue weighted by Gasteiger charge is -2.19. The molecule has 1 amide bonds. The number of thioether (sulfide) groups is 1. The molecule has 27 heavy (non-hydrogen) atoms. The molecular weight excluding hydrogens is 366 g/mol. The number of rotatable bonds is 7. The molecule has 1 N–H and O–H groups in total. The van der Waals surface area contributed by atoms with Crippen LogP contribution in [0.25, 0.3) is 0 Å². The largest absolute Gasteiger partial charge is 0.486 e. The van der Waals surface area contributed by atoms with Gasteiger partial charge in [0.15, 0.2) is 11.5 Å². The number of benzene rings is 2. The Morgan fingerprint density at radius 2 is 1.85 bits per heavy atom. The van der Waals surface area contributed by atoms with Crippen LogP contribution in [0, 0.1) is 0 Å². The third-order valence-corrected chi connectivity index (χ3v) is 4.98. The molecule has 0 fully saturated rings. The van der Waals surface area contributed by atoms with E-state index in [0.29, 0.717) is 31.1 Å². The lowest BCUT2D eigenvalue weighted by Crippen LogP contribution is -2.43. The zero-order chi connectivity index (χ0) is 19.1. The van der Waals surface area contributed by atoms with Crippen molar-refractivity contribution in [1.29, 1.82) is 0 Å². The number of carbonyl (C=O) groups excluding carboxylic acids is 2. The first-order valence-corrected chi connectivity index (χ1v) is 9.58. The van der Waals surface area contributed by atoms with Crippen LogP contribution in [0.15, 0.2) is 53.4 Å². The van der Waals surface area contributed by atoms with Crippen LogP contribution in [0.5, 0.6) is 11.5 Å². The highest BCUT2D eigenvalue weighted by Gasteiger charge is 2.22. The van der Waals surface area contributed by atoms with Crippen LogP contribution < -0.4 is 14.8 Å². The molecule has 1 atom stereocenters. The van der Waals surface area contributed by atoms with Crippen molar-refractivity contribution >= 4 is 23.6 Å². The maximum absolute atomic E-state index is 12.3. The fourth-order valence-corrected chi connectivity index (χ4v) is 3.42. The van der Waals surface area contributed by atoms with Crippen molar-refractivity contribution in [3.63, 3.8) is 0 Å². The number of fused-ring (bicyclic) bond motifs is 1. The van der Waals surface area contributed by atoms with E-state index < -0.39 is 12.0 Å². The molecule has 1 aliphatic heterocycles. The number of methoxy groups -OCH3 is 1. The number of ether oxygens (including phenoxy) is 3. The first-order chi connectivity index (χ1) is 13.2. The number of amides is 1. The summed E-state index contributed by atoms with van der Waals surface area (Å²) in [4.78, 5) is 25.2. The Hall–Kier alpha value is -2.67. The molecule has 1 unspecified atom stereocenters. The van der Waals surface area contributed by atoms with Crippen molar-refractivity contribution in [2.24, 2.45) is 0 Å². The summed E-state index contributed by atoms with van der Waals surface area (Å²) in [5.41, 5.74) is 0.952. The number of esters is 1. The predicted molar refractivity (Wildman–Crippen MR) is 102 cm³/mol. The monoisotopic (exact) mass is 387 g/mol. The highest BCUT2D eigenvalue weighted by atomic mass is 32.2. The fourth-order valence-electron chi connectivity index (χ4n) is 2.68. The van der Waals surface area contributed by atoms with Gasteiger partial charge in [0.05, 0.1) is 12.9 Å². The van der Waals surface area contributed by atoms with Gasteiger partial charge in [-0.15, -0.1) is 11.8 Å². The zero-order valence-corrected chi connectivity index (χ0v) is 15.8. The zero-order valence-electron chi connectivity index (χ0n) is 15.0. The van der Waals surface area contributed by atoms with E-state index in [1.54, 1.807) is 0 Å². The van der Waals surface area contributed by atoms with E-state index in [-0.39, 0.29) is 11.7 Å². The van der Waals surface area contributed by atoms with E-state index in [4.69, 9.17) is 14.2 Å². The highest BCUT2D eigenvalue weighted by Crippen LogP contribution is 2.34. The molecule has 142 valence electrons. The van der Waals surface area contributed by atoms with Crippen LogP contribution in [0.3, 0.4) is 0 Å². The summed E-state index contributed by atoms with van der Waals surface area (Å²) in [7, 11) is 1.32. The Labute approximate surface area is 162 Å². The van der Waals surface area contributed by atoms with Gasteiger partial charge in [0.1, 0.15) is 19.3 Å². The number of hydrogen-bond acceptors (Lipinski definition) is 6. The van der Waals surface area contributed by atoms with E-state index in [1.165, 1.54) is 18.9 Å². The van der Waals surface area contributed by atoms with Gasteiger partial charge in [-0.1, -0.05) is 30.3 Å². The van der Waals surface area contributed by atoms with Crippen LogP contribution in [-0.2, 0) is 20.7 Å². The van der Waals surface area contributed by atoms with Gasteiger partial charge in [-0.25, -0.2) is 4.79 Å². The normalized spacial score (nSPS) is 13.5. The summed E-state index contributed by atoms with van der Waals surface area (Å²) in [5.74, 6) is 0.881. The molecule has 2 aromatic rings. The molecule has 6 nitrogen and oxygen atoms in total. The van der Waals surface area contributed by atoms with Crippen molar-refractivity contribution in [1.82, 2.24) is 5.32 Å². The van der Waals surface area contributed by atoms with E-state index in [0.717, 1.165) is 10.5 Å². The van der Waals surface area contributed by atoms with Gasteiger partial charge in [-0.05, 0) is 23.8 Å². The predicted octanol–water partition coefficient (Wildman–Crippen LogP) is 2.45. The molecule has 0 saturated carbocycles. The van der Waals surface area contributed by atoms with Crippen molar-refractivity contribution < 1.29 is 23.8 Å². The Balaban J connectivity index is 1.56. The summed E-state index contributed by atoms with van der Waals surface area (Å²) in [6.07, 6.45) is 0.383. The van der Waals surface area contributed by atoms with Gasteiger partial charge in [-0.2, -0.15) is 0 Å². The number of nitrogens with one attached hydrogen (secondary N) is 1. The summed E-state index contributed by atoms with van der Waals surface area (Å²) in [5, 5.41) is 2.76. The van der Waals surface area contributed by atoms with Crippen LogP contribution >= 0.6 is 11.8 Å². The number of hydrogen-bond donors (Lipinski definition) is 1. The van der Waals surface area contributed by atoms with Crippen molar-refractivity contribution in [3.8, 4) is 11.5 Å². The van der Waals surface area contributed by atoms with Crippen molar-refractivity contribution in [3.05, 3.63) is 54.1 Å². The van der Waals surface area contributed by atoms with Crippen LogP contribution in [0.4, 0.5) is 0 Å². The second kappa shape index (κ2) is 9.32. The van der Waals surface area contributed by atoms with E-state index in [1.807, 2.05) is 48.5 Å². The standard InChI is InChI=1S/C20H21NO5S/c1-24-20(23)16(11-14-5-3-2-4-6-14)21-19(22)13-27-15-7-8-17-18(12-15)26-10-9-25-17/h2-8,12,16H,9-11,13H2,1H3,(H,21,22). The molecular formula is C20H21NO5S. The van der Waals surface area contributed by atoms with Gasteiger partial charge in [-0.3, -0.25) is 4.79 Å². The fraction of sp³-hybridized carbons (Fsp3) is 0.300. The minimum absolute atomic E-state index is 0.182. The average molecular weight is 387 g/mol. The third-order valence-electron chi connectivity index (χ3n) is 3.99. The minimum Gasteiger partial charge on any atom is -0.486 e. The second-order valence-corrected chi connectivity index (χ2v) is 6.98. The van der Waals surface area contributed by atoms with Gasteiger partial charge in [0, 0.05) is 11.3 Å². The lowest BCUT2D eigenvalue weighted by atomic mass is 10.1. The Kier molecular flexibility index (Phi) is 6.59. The maximum atomic E-state index is 12.3. The summed E-state index contributed by atoms with van der Waals surface area (Å²) in [6.45, 7) is 1.06. The van der Waals surface area contributed by atoms with Gasteiger partial charge in [0.25, 0.3) is 0 Å². The molecule has 0 aliphatic carbocycles. The van der Waals surface area contributed by atoms with E-state index >= 15 is 0 Å².